The summed E-state index contributed by atoms with van der Waals surface area (Å²) in [6.45, 7) is 0. The zero-order chi connectivity index (χ0) is 2.71. The van der Waals surface area contributed by atoms with Gasteiger partial charge in [0.25, 0.3) is 0 Å². The minimum absolute atomic E-state index is 0. The summed E-state index contributed by atoms with van der Waals surface area (Å²) in [5, 5.41) is 0. The molecular weight excluding hydrogens is 198 g/mol. The fraction of sp³-hybridized carbons (Fsp3) is 1.00. The maximum Gasteiger partial charge on any atom is -1.00 e. The van der Waals surface area contributed by atoms with Gasteiger partial charge in [0.15, 0.2) is 0 Å². The second-order valence-electron chi connectivity index (χ2n) is 0.500. The van der Waals surface area contributed by atoms with Gasteiger partial charge in [-0.2, -0.15) is 0 Å². The Morgan fingerprint density at radius 2 is 1.00 bits per heavy atom. The van der Waals surface area contributed by atoms with Crippen LogP contribution in [0.4, 0.5) is 0 Å². The predicted octanol–water partition coefficient (Wildman–Crippen LogP) is -4.19. The summed E-state index contributed by atoms with van der Waals surface area (Å²) in [5.41, 5.74) is 0. The van der Waals surface area contributed by atoms with Crippen molar-refractivity contribution in [3.63, 3.8) is 0 Å². The Bertz CT molecular complexity index is 8.75. The van der Waals surface area contributed by atoms with Crippen LogP contribution in [0.15, 0.2) is 0 Å². The van der Waals surface area contributed by atoms with Gasteiger partial charge < -0.3 is 24.8 Å². The minimum atomic E-state index is 0. The monoisotopic (exact) mass is 206 g/mol. The third-order valence-electron chi connectivity index (χ3n) is 0. The Labute approximate surface area is 64.5 Å². The standard InChI is InChI=1S/CH4.2CH3.2ClH.Zr/h1H4;2*1H3;2*1H;/q;;;;;+2/p-2. The topological polar surface area (TPSA) is 0 Å². The van der Waals surface area contributed by atoms with E-state index in [4.69, 9.17) is 0 Å². The van der Waals surface area contributed by atoms with Gasteiger partial charge in [0, 0.05) is 0 Å². The molecule has 0 saturated carbocycles. The molecule has 6 heavy (non-hydrogen) atoms. The quantitative estimate of drug-likeness (QED) is 0.379. The van der Waals surface area contributed by atoms with Gasteiger partial charge in [-0.1, -0.05) is 7.43 Å². The first-order chi connectivity index (χ1) is 1.41. The van der Waals surface area contributed by atoms with Gasteiger partial charge in [0.1, 0.15) is 0 Å². The molecule has 0 unspecified atom stereocenters. The van der Waals surface area contributed by atoms with Crippen molar-refractivity contribution >= 4 is 0 Å². The van der Waals surface area contributed by atoms with Crippen molar-refractivity contribution < 1.29 is 48.0 Å². The van der Waals surface area contributed by atoms with Crippen LogP contribution in [0, 0.1) is 0 Å². The summed E-state index contributed by atoms with van der Waals surface area (Å²) in [5.74, 6) is 0. The molecule has 0 spiro atoms. The van der Waals surface area contributed by atoms with Crippen LogP contribution in [-0.2, 0) is 23.2 Å². The van der Waals surface area contributed by atoms with Crippen molar-refractivity contribution in [2.24, 2.45) is 0 Å². The van der Waals surface area contributed by atoms with Gasteiger partial charge in [-0.05, 0) is 0 Å². The van der Waals surface area contributed by atoms with E-state index in [9.17, 15) is 0 Å². The molecule has 0 heterocycles. The summed E-state index contributed by atoms with van der Waals surface area (Å²) in [4.78, 5) is 0. The molecule has 0 rings (SSSR count). The molecule has 0 radical (unpaired) electrons. The number of hydrogen-bond donors (Lipinski definition) is 0. The van der Waals surface area contributed by atoms with Crippen LogP contribution in [0.3, 0.4) is 0 Å². The van der Waals surface area contributed by atoms with Crippen LogP contribution in [0.1, 0.15) is 7.43 Å². The second kappa shape index (κ2) is 31.8. The zero-order valence-electron chi connectivity index (χ0n) is 3.26. The molecule has 0 saturated heterocycles. The molecule has 0 aliphatic rings. The fourth-order valence-electron chi connectivity index (χ4n) is 0. The number of halogens is 2. The Balaban J connectivity index is -0.00000000667. The van der Waals surface area contributed by atoms with Gasteiger partial charge in [-0.25, -0.2) is 0 Å². The molecule has 0 aliphatic heterocycles. The normalized spacial score (nSPS) is 1.67. The molecule has 0 amide bonds. The van der Waals surface area contributed by atoms with E-state index in [0.29, 0.717) is 0 Å². The summed E-state index contributed by atoms with van der Waals surface area (Å²) in [7, 11) is 0. The van der Waals surface area contributed by atoms with E-state index in [-0.39, 0.29) is 55.5 Å². The Hall–Kier alpha value is 1.46. The van der Waals surface area contributed by atoms with Gasteiger partial charge in [0.05, 0.1) is 0 Å². The SMILES string of the molecule is C.[CH3][Zr+2][CH3].[Cl-].[Cl-]. The van der Waals surface area contributed by atoms with Crippen molar-refractivity contribution in [1.29, 1.82) is 0 Å². The summed E-state index contributed by atoms with van der Waals surface area (Å²) in [6, 6.07) is 0. The van der Waals surface area contributed by atoms with Crippen molar-refractivity contribution in [3.8, 4) is 0 Å². The van der Waals surface area contributed by atoms with Gasteiger partial charge in [-0.15, -0.1) is 0 Å². The van der Waals surface area contributed by atoms with Crippen LogP contribution >= 0.6 is 0 Å². The molecule has 0 fully saturated rings. The van der Waals surface area contributed by atoms with Crippen LogP contribution in [-0.4, -0.2) is 0 Å². The molecule has 0 aromatic carbocycles. The molecule has 3 heteroatoms. The van der Waals surface area contributed by atoms with E-state index in [0.717, 1.165) is 0 Å². The van der Waals surface area contributed by atoms with E-state index >= 15 is 0 Å². The zero-order valence-corrected chi connectivity index (χ0v) is 7.23. The maximum absolute atomic E-state index is 2.30. The molecule has 0 aliphatic carbocycles. The Morgan fingerprint density at radius 3 is 1.00 bits per heavy atom. The smallest absolute Gasteiger partial charge is 1.00 e. The van der Waals surface area contributed by atoms with E-state index in [1.54, 1.807) is 0 Å². The van der Waals surface area contributed by atoms with E-state index < -0.39 is 0 Å². The molecular formula is C3H10Cl2Zr. The summed E-state index contributed by atoms with van der Waals surface area (Å²) < 4.78 is 4.59. The first-order valence-electron chi connectivity index (χ1n) is 1.00. The Kier molecular flexibility index (Phi) is 138. The first-order valence-corrected chi connectivity index (χ1v) is 5.92. The maximum atomic E-state index is 2.30. The molecule has 0 bridgehead atoms. The largest absolute Gasteiger partial charge is 1.00 e. The van der Waals surface area contributed by atoms with Crippen molar-refractivity contribution in [2.75, 3.05) is 0 Å². The fourth-order valence-corrected chi connectivity index (χ4v) is 0. The van der Waals surface area contributed by atoms with Crippen molar-refractivity contribution in [1.82, 2.24) is 0 Å². The summed E-state index contributed by atoms with van der Waals surface area (Å²) >= 11 is 0.230. The molecule has 0 nitrogen and oxygen atoms in total. The average Bonchev–Trinajstić information content (AvgIpc) is 0.918. The van der Waals surface area contributed by atoms with Crippen molar-refractivity contribution in [3.05, 3.63) is 0 Å². The minimum Gasteiger partial charge on any atom is -1.00 e. The second-order valence-corrected chi connectivity index (χ2v) is 2.96. The van der Waals surface area contributed by atoms with Crippen LogP contribution in [0.25, 0.3) is 0 Å². The van der Waals surface area contributed by atoms with Gasteiger partial charge in [0.2, 0.25) is 0 Å². The third-order valence-corrected chi connectivity index (χ3v) is 0. The average molecular weight is 208 g/mol. The first kappa shape index (κ1) is 26.0. The van der Waals surface area contributed by atoms with E-state index in [2.05, 4.69) is 9.26 Å². The van der Waals surface area contributed by atoms with Gasteiger partial charge >= 0.3 is 32.5 Å². The van der Waals surface area contributed by atoms with Crippen LogP contribution in [0.5, 0.6) is 0 Å². The molecule has 0 atom stereocenters. The van der Waals surface area contributed by atoms with Crippen LogP contribution < -0.4 is 24.8 Å². The van der Waals surface area contributed by atoms with E-state index in [1.165, 1.54) is 0 Å². The molecule has 0 aromatic rings. The molecule has 0 aromatic heterocycles. The Morgan fingerprint density at radius 1 is 1.00 bits per heavy atom. The molecule has 40 valence electrons. The van der Waals surface area contributed by atoms with Gasteiger partial charge in [-0.3, -0.25) is 0 Å². The summed E-state index contributed by atoms with van der Waals surface area (Å²) in [6.07, 6.45) is 0. The molecule has 0 N–H and O–H groups in total. The van der Waals surface area contributed by atoms with E-state index in [1.807, 2.05) is 0 Å². The number of rotatable bonds is 0. The predicted molar refractivity (Wildman–Crippen MR) is 18.5 cm³/mol. The van der Waals surface area contributed by atoms with Crippen molar-refractivity contribution in [2.45, 2.75) is 16.7 Å². The third kappa shape index (κ3) is 50.8. The number of hydrogen-bond acceptors (Lipinski definition) is 0. The van der Waals surface area contributed by atoms with Crippen LogP contribution in [0.2, 0.25) is 9.26 Å².